The summed E-state index contributed by atoms with van der Waals surface area (Å²) in [5, 5.41) is 0. The first kappa shape index (κ1) is 14.2. The monoisotopic (exact) mass is 192 g/mol. The summed E-state index contributed by atoms with van der Waals surface area (Å²) in [4.78, 5) is 10.9. The van der Waals surface area contributed by atoms with Gasteiger partial charge in [-0.15, -0.1) is 0 Å². The molecule has 0 saturated carbocycles. The molecule has 4 heteroatoms. The van der Waals surface area contributed by atoms with E-state index >= 15 is 0 Å². The molecular formula is C8H17ClN2O. The number of rotatable bonds is 4. The highest BCUT2D eigenvalue weighted by Gasteiger charge is 2.18. The van der Waals surface area contributed by atoms with E-state index in [9.17, 15) is 4.79 Å². The lowest BCUT2D eigenvalue weighted by molar-refractivity contribution is -0.870. The van der Waals surface area contributed by atoms with Gasteiger partial charge in [-0.3, -0.25) is 4.79 Å². The molecule has 0 aromatic heterocycles. The maximum atomic E-state index is 10.9. The van der Waals surface area contributed by atoms with Gasteiger partial charge in [-0.25, -0.2) is 0 Å². The van der Waals surface area contributed by atoms with Crippen LogP contribution < -0.4 is 18.1 Å². The largest absolute Gasteiger partial charge is 1.00 e. The molecule has 0 aliphatic carbocycles. The molecule has 12 heavy (non-hydrogen) atoms. The first-order chi connectivity index (χ1) is 4.87. The van der Waals surface area contributed by atoms with Crippen molar-refractivity contribution in [3.63, 3.8) is 0 Å². The summed E-state index contributed by atoms with van der Waals surface area (Å²) in [5.74, 6) is -0.0851. The van der Waals surface area contributed by atoms with Crippen molar-refractivity contribution in [2.75, 3.05) is 27.7 Å². The molecule has 0 fully saturated rings. The fraction of sp³-hybridized carbons (Fsp3) is 0.625. The van der Waals surface area contributed by atoms with Crippen molar-refractivity contribution in [2.45, 2.75) is 6.04 Å². The third kappa shape index (κ3) is 6.34. The third-order valence-electron chi connectivity index (χ3n) is 1.31. The number of halogens is 1. The molecule has 0 heterocycles. The van der Waals surface area contributed by atoms with Gasteiger partial charge < -0.3 is 22.6 Å². The van der Waals surface area contributed by atoms with E-state index in [0.717, 1.165) is 0 Å². The van der Waals surface area contributed by atoms with Gasteiger partial charge in [0.15, 0.2) is 5.78 Å². The Morgan fingerprint density at radius 2 is 2.00 bits per heavy atom. The molecule has 1 atom stereocenters. The molecule has 2 N–H and O–H groups in total. The van der Waals surface area contributed by atoms with Gasteiger partial charge in [0.1, 0.15) is 12.6 Å². The number of quaternary nitrogens is 1. The van der Waals surface area contributed by atoms with Gasteiger partial charge in [0.2, 0.25) is 0 Å². The SMILES string of the molecule is C=CC(=O)C(N)C[N+](C)(C)C.[Cl-]. The summed E-state index contributed by atoms with van der Waals surface area (Å²) in [6, 6.07) is -0.410. The number of nitrogens with two attached hydrogens (primary N) is 1. The number of hydrogen-bond donors (Lipinski definition) is 1. The van der Waals surface area contributed by atoms with Crippen molar-refractivity contribution in [3.8, 4) is 0 Å². The quantitative estimate of drug-likeness (QED) is 0.376. The van der Waals surface area contributed by atoms with Crippen LogP contribution in [-0.2, 0) is 4.79 Å². The summed E-state index contributed by atoms with van der Waals surface area (Å²) in [6.07, 6.45) is 1.28. The van der Waals surface area contributed by atoms with E-state index in [0.29, 0.717) is 11.0 Å². The van der Waals surface area contributed by atoms with Crippen LogP contribution in [-0.4, -0.2) is 44.0 Å². The average molecular weight is 193 g/mol. The fourth-order valence-electron chi connectivity index (χ4n) is 0.831. The predicted molar refractivity (Wildman–Crippen MR) is 46.1 cm³/mol. The molecule has 0 amide bonds. The Bertz CT molecular complexity index is 163. The molecule has 0 radical (unpaired) electrons. The molecule has 0 spiro atoms. The van der Waals surface area contributed by atoms with Gasteiger partial charge in [-0.2, -0.15) is 0 Å². The van der Waals surface area contributed by atoms with Gasteiger partial charge >= 0.3 is 0 Å². The van der Waals surface area contributed by atoms with E-state index in [1.807, 2.05) is 21.1 Å². The van der Waals surface area contributed by atoms with Gasteiger partial charge in [0.05, 0.1) is 21.1 Å². The van der Waals surface area contributed by atoms with E-state index < -0.39 is 6.04 Å². The van der Waals surface area contributed by atoms with Crippen molar-refractivity contribution < 1.29 is 21.7 Å². The van der Waals surface area contributed by atoms with Crippen molar-refractivity contribution in [1.82, 2.24) is 0 Å². The van der Waals surface area contributed by atoms with Crippen LogP contribution in [0.3, 0.4) is 0 Å². The third-order valence-corrected chi connectivity index (χ3v) is 1.31. The lowest BCUT2D eigenvalue weighted by Crippen LogP contribution is -3.00. The molecule has 0 aromatic rings. The Morgan fingerprint density at radius 3 is 2.25 bits per heavy atom. The highest BCUT2D eigenvalue weighted by atomic mass is 35.5. The number of likely N-dealkylation sites (N-methyl/N-ethyl adjacent to an activating group) is 1. The molecular weight excluding hydrogens is 176 g/mol. The van der Waals surface area contributed by atoms with Crippen molar-refractivity contribution in [3.05, 3.63) is 12.7 Å². The molecule has 72 valence electrons. The standard InChI is InChI=1S/C8H17N2O.ClH/c1-5-8(11)7(9)6-10(2,3)4;/h5,7H,1,6,9H2,2-4H3;1H/q+1;/p-1. The second-order valence-electron chi connectivity index (χ2n) is 3.69. The molecule has 0 aliphatic rings. The molecule has 0 aliphatic heterocycles. The second-order valence-corrected chi connectivity index (χ2v) is 3.69. The zero-order valence-corrected chi connectivity index (χ0v) is 8.64. The van der Waals surface area contributed by atoms with E-state index in [1.54, 1.807) is 0 Å². The second kappa shape index (κ2) is 5.30. The summed E-state index contributed by atoms with van der Waals surface area (Å²) < 4.78 is 0.695. The number of carbonyl (C=O) groups excluding carboxylic acids is 1. The first-order valence-electron chi connectivity index (χ1n) is 3.59. The van der Waals surface area contributed by atoms with Crippen LogP contribution in [0.4, 0.5) is 0 Å². The van der Waals surface area contributed by atoms with E-state index in [-0.39, 0.29) is 18.2 Å². The summed E-state index contributed by atoms with van der Waals surface area (Å²) in [7, 11) is 5.99. The summed E-state index contributed by atoms with van der Waals surface area (Å²) >= 11 is 0. The number of ketones is 1. The molecule has 0 aromatic carbocycles. The molecule has 0 saturated heterocycles. The maximum Gasteiger partial charge on any atom is 0.177 e. The summed E-state index contributed by atoms with van der Waals surface area (Å²) in [5.41, 5.74) is 5.58. The van der Waals surface area contributed by atoms with Crippen LogP contribution in [0, 0.1) is 0 Å². The van der Waals surface area contributed by atoms with Gasteiger partial charge in [-0.1, -0.05) is 6.58 Å². The van der Waals surface area contributed by atoms with Gasteiger partial charge in [0, 0.05) is 0 Å². The number of carbonyl (C=O) groups is 1. The van der Waals surface area contributed by atoms with Crippen LogP contribution in [0.25, 0.3) is 0 Å². The smallest absolute Gasteiger partial charge is 0.177 e. The van der Waals surface area contributed by atoms with Crippen LogP contribution in [0.15, 0.2) is 12.7 Å². The van der Waals surface area contributed by atoms with Crippen LogP contribution in [0.1, 0.15) is 0 Å². The molecule has 1 unspecified atom stereocenters. The van der Waals surface area contributed by atoms with Gasteiger partial charge in [0.25, 0.3) is 0 Å². The van der Waals surface area contributed by atoms with Crippen molar-refractivity contribution in [1.29, 1.82) is 0 Å². The molecule has 0 bridgehead atoms. The summed E-state index contributed by atoms with van der Waals surface area (Å²) in [6.45, 7) is 4.02. The Kier molecular flexibility index (Phi) is 6.25. The normalized spacial score (nSPS) is 13.0. The lowest BCUT2D eigenvalue weighted by Gasteiger charge is -2.26. The molecule has 3 nitrogen and oxygen atoms in total. The van der Waals surface area contributed by atoms with Crippen molar-refractivity contribution in [2.24, 2.45) is 5.73 Å². The lowest BCUT2D eigenvalue weighted by atomic mass is 10.2. The minimum atomic E-state index is -0.410. The number of nitrogens with zero attached hydrogens (tertiary/aromatic N) is 1. The van der Waals surface area contributed by atoms with E-state index in [2.05, 4.69) is 6.58 Å². The number of hydrogen-bond acceptors (Lipinski definition) is 2. The maximum absolute atomic E-state index is 10.9. The average Bonchev–Trinajstić information content (AvgIpc) is 1.82. The van der Waals surface area contributed by atoms with Crippen LogP contribution >= 0.6 is 0 Å². The molecule has 0 rings (SSSR count). The Balaban J connectivity index is 0. The van der Waals surface area contributed by atoms with Crippen LogP contribution in [0.5, 0.6) is 0 Å². The topological polar surface area (TPSA) is 43.1 Å². The Morgan fingerprint density at radius 1 is 1.58 bits per heavy atom. The minimum Gasteiger partial charge on any atom is -1.00 e. The van der Waals surface area contributed by atoms with Crippen molar-refractivity contribution >= 4 is 5.78 Å². The zero-order chi connectivity index (χ0) is 9.07. The zero-order valence-electron chi connectivity index (χ0n) is 7.88. The Hall–Kier alpha value is -0.380. The first-order valence-corrected chi connectivity index (χ1v) is 3.59. The van der Waals surface area contributed by atoms with Gasteiger partial charge in [-0.05, 0) is 6.08 Å². The highest BCUT2D eigenvalue weighted by Crippen LogP contribution is 1.94. The predicted octanol–water partition coefficient (Wildman–Crippen LogP) is -3.22. The van der Waals surface area contributed by atoms with Crippen LogP contribution in [0.2, 0.25) is 0 Å². The van der Waals surface area contributed by atoms with E-state index in [1.165, 1.54) is 6.08 Å². The van der Waals surface area contributed by atoms with E-state index in [4.69, 9.17) is 5.73 Å². The fourth-order valence-corrected chi connectivity index (χ4v) is 0.831. The Labute approximate surface area is 80.2 Å². The minimum absolute atomic E-state index is 0. The highest BCUT2D eigenvalue weighted by molar-refractivity contribution is 5.93.